The quantitative estimate of drug-likeness (QED) is 0.482. The molecule has 0 radical (unpaired) electrons. The average Bonchev–Trinajstić information content (AvgIpc) is 3.32. The molecule has 2 aliphatic rings. The van der Waals surface area contributed by atoms with Crippen molar-refractivity contribution >= 4 is 35.0 Å². The highest BCUT2D eigenvalue weighted by molar-refractivity contribution is 5.94. The van der Waals surface area contributed by atoms with E-state index in [1.807, 2.05) is 30.3 Å². The number of nitrogens with one attached hydrogen (secondary N) is 2. The second kappa shape index (κ2) is 9.89. The number of likely N-dealkylation sites (tertiary alicyclic amines) is 1. The van der Waals surface area contributed by atoms with E-state index >= 15 is 0 Å². The summed E-state index contributed by atoms with van der Waals surface area (Å²) in [5.41, 5.74) is 1.11. The fraction of sp³-hybridized carbons (Fsp3) is 0.346. The van der Waals surface area contributed by atoms with Crippen molar-refractivity contribution in [1.29, 1.82) is 5.26 Å². The fourth-order valence-electron chi connectivity index (χ4n) is 4.54. The molecule has 0 spiro atoms. The molecular weight excluding hydrogens is 456 g/mol. The fourth-order valence-corrected chi connectivity index (χ4v) is 4.54. The van der Waals surface area contributed by atoms with E-state index < -0.39 is 5.60 Å². The summed E-state index contributed by atoms with van der Waals surface area (Å²) in [7, 11) is 2.06. The van der Waals surface area contributed by atoms with E-state index in [9.17, 15) is 15.2 Å². The molecule has 5 rings (SSSR count). The zero-order chi connectivity index (χ0) is 25.1. The van der Waals surface area contributed by atoms with Crippen molar-refractivity contribution in [3.63, 3.8) is 0 Å². The van der Waals surface area contributed by atoms with Gasteiger partial charge in [0.25, 0.3) is 0 Å². The standard InChI is InChI=1S/C26H28N8O2/c1-33-14-11-26(36,12-15-33)19-7-9-20(10-8-19)29-25-28-17-18(16-27)24(32-25)31-21-4-2-5-22(30-21)34-13-3-6-23(34)35/h2,4-5,7-10,17,36H,3,6,11-15H2,1H3,(H2,28,29,30,31,32). The lowest BCUT2D eigenvalue weighted by Gasteiger charge is -2.37. The highest BCUT2D eigenvalue weighted by Gasteiger charge is 2.32. The zero-order valence-electron chi connectivity index (χ0n) is 20.1. The number of hydrogen-bond acceptors (Lipinski definition) is 9. The summed E-state index contributed by atoms with van der Waals surface area (Å²) in [6.07, 6.45) is 4.18. The summed E-state index contributed by atoms with van der Waals surface area (Å²) >= 11 is 0. The van der Waals surface area contributed by atoms with Gasteiger partial charge in [-0.1, -0.05) is 18.2 Å². The number of nitriles is 1. The molecule has 0 bridgehead atoms. The van der Waals surface area contributed by atoms with Gasteiger partial charge in [-0.05, 0) is 56.1 Å². The van der Waals surface area contributed by atoms with Gasteiger partial charge in [0.15, 0.2) is 5.82 Å². The Kier molecular flexibility index (Phi) is 6.50. The molecule has 4 heterocycles. The summed E-state index contributed by atoms with van der Waals surface area (Å²) in [5, 5.41) is 26.8. The van der Waals surface area contributed by atoms with Crippen LogP contribution in [0.4, 0.5) is 29.1 Å². The molecule has 1 aromatic carbocycles. The maximum atomic E-state index is 12.1. The number of nitrogens with zero attached hydrogens (tertiary/aromatic N) is 6. The summed E-state index contributed by atoms with van der Waals surface area (Å²) in [4.78, 5) is 29.2. The van der Waals surface area contributed by atoms with E-state index in [4.69, 9.17) is 0 Å². The van der Waals surface area contributed by atoms with Gasteiger partial charge >= 0.3 is 0 Å². The van der Waals surface area contributed by atoms with Crippen LogP contribution in [0.5, 0.6) is 0 Å². The van der Waals surface area contributed by atoms with Crippen molar-refractivity contribution in [2.24, 2.45) is 0 Å². The number of aromatic nitrogens is 3. The molecule has 1 amide bonds. The van der Waals surface area contributed by atoms with Crippen LogP contribution in [0.1, 0.15) is 36.8 Å². The lowest BCUT2D eigenvalue weighted by molar-refractivity contribution is -0.117. The van der Waals surface area contributed by atoms with Crippen molar-refractivity contribution in [1.82, 2.24) is 19.9 Å². The van der Waals surface area contributed by atoms with Gasteiger partial charge < -0.3 is 20.6 Å². The molecule has 0 saturated carbocycles. The lowest BCUT2D eigenvalue weighted by Crippen LogP contribution is -2.40. The van der Waals surface area contributed by atoms with Crippen molar-refractivity contribution in [2.75, 3.05) is 42.2 Å². The Morgan fingerprint density at radius 2 is 1.83 bits per heavy atom. The first kappa shape index (κ1) is 23.7. The van der Waals surface area contributed by atoms with E-state index in [0.717, 1.165) is 30.8 Å². The molecule has 2 aromatic heterocycles. The van der Waals surface area contributed by atoms with E-state index in [1.54, 1.807) is 17.0 Å². The van der Waals surface area contributed by atoms with Crippen LogP contribution in [0.25, 0.3) is 0 Å². The molecule has 0 atom stereocenters. The second-order valence-electron chi connectivity index (χ2n) is 9.26. The first-order valence-electron chi connectivity index (χ1n) is 12.0. The van der Waals surface area contributed by atoms with Crippen molar-refractivity contribution in [3.05, 3.63) is 59.8 Å². The number of pyridine rings is 1. The molecule has 0 aliphatic carbocycles. The largest absolute Gasteiger partial charge is 0.385 e. The molecule has 2 aliphatic heterocycles. The maximum Gasteiger partial charge on any atom is 0.229 e. The minimum absolute atomic E-state index is 0.0554. The monoisotopic (exact) mass is 484 g/mol. The number of benzene rings is 1. The van der Waals surface area contributed by atoms with Gasteiger partial charge in [0.2, 0.25) is 11.9 Å². The minimum atomic E-state index is -0.811. The zero-order valence-corrected chi connectivity index (χ0v) is 20.1. The molecule has 3 aromatic rings. The number of aliphatic hydroxyl groups is 1. The Morgan fingerprint density at radius 1 is 1.06 bits per heavy atom. The third-order valence-electron chi connectivity index (χ3n) is 6.73. The number of amides is 1. The van der Waals surface area contributed by atoms with Crippen LogP contribution >= 0.6 is 0 Å². The van der Waals surface area contributed by atoms with E-state index in [2.05, 4.69) is 43.6 Å². The van der Waals surface area contributed by atoms with Crippen LogP contribution in [-0.2, 0) is 10.4 Å². The van der Waals surface area contributed by atoms with Gasteiger partial charge in [-0.3, -0.25) is 9.69 Å². The van der Waals surface area contributed by atoms with Gasteiger partial charge in [-0.15, -0.1) is 0 Å². The van der Waals surface area contributed by atoms with Crippen molar-refractivity contribution < 1.29 is 9.90 Å². The smallest absolute Gasteiger partial charge is 0.229 e. The lowest BCUT2D eigenvalue weighted by atomic mass is 9.84. The Balaban J connectivity index is 1.32. The third-order valence-corrected chi connectivity index (χ3v) is 6.73. The number of carbonyl (C=O) groups excluding carboxylic acids is 1. The third kappa shape index (κ3) is 4.98. The number of hydrogen-bond donors (Lipinski definition) is 3. The molecule has 2 fully saturated rings. The molecule has 3 N–H and O–H groups in total. The first-order valence-corrected chi connectivity index (χ1v) is 12.0. The van der Waals surface area contributed by atoms with Crippen LogP contribution < -0.4 is 15.5 Å². The highest BCUT2D eigenvalue weighted by atomic mass is 16.3. The van der Waals surface area contributed by atoms with Gasteiger partial charge in [0, 0.05) is 31.7 Å². The minimum Gasteiger partial charge on any atom is -0.385 e. The maximum absolute atomic E-state index is 12.1. The van der Waals surface area contributed by atoms with Crippen LogP contribution in [0.2, 0.25) is 0 Å². The van der Waals surface area contributed by atoms with Gasteiger partial charge in [-0.25, -0.2) is 9.97 Å². The molecule has 2 saturated heterocycles. The summed E-state index contributed by atoms with van der Waals surface area (Å²) < 4.78 is 0. The van der Waals surface area contributed by atoms with Crippen molar-refractivity contribution in [3.8, 4) is 6.07 Å². The second-order valence-corrected chi connectivity index (χ2v) is 9.26. The number of piperidine rings is 1. The van der Waals surface area contributed by atoms with Gasteiger partial charge in [0.1, 0.15) is 23.3 Å². The van der Waals surface area contributed by atoms with Crippen molar-refractivity contribution in [2.45, 2.75) is 31.3 Å². The summed E-state index contributed by atoms with van der Waals surface area (Å²) in [6, 6.07) is 15.1. The number of anilines is 5. The van der Waals surface area contributed by atoms with Crippen LogP contribution in [0, 0.1) is 11.3 Å². The Bertz CT molecular complexity index is 1300. The number of carbonyl (C=O) groups is 1. The Morgan fingerprint density at radius 3 is 2.53 bits per heavy atom. The average molecular weight is 485 g/mol. The predicted molar refractivity (Wildman–Crippen MR) is 136 cm³/mol. The highest BCUT2D eigenvalue weighted by Crippen LogP contribution is 2.33. The first-order chi connectivity index (χ1) is 17.4. The molecule has 36 heavy (non-hydrogen) atoms. The SMILES string of the molecule is CN1CCC(O)(c2ccc(Nc3ncc(C#N)c(Nc4cccc(N5CCCC5=O)n4)n3)cc2)CC1. The van der Waals surface area contributed by atoms with Crippen LogP contribution in [0.15, 0.2) is 48.7 Å². The van der Waals surface area contributed by atoms with Crippen LogP contribution in [-0.4, -0.2) is 57.5 Å². The predicted octanol–water partition coefficient (Wildman–Crippen LogP) is 3.27. The van der Waals surface area contributed by atoms with Gasteiger partial charge in [-0.2, -0.15) is 10.2 Å². The Hall–Kier alpha value is -4.07. The molecule has 10 nitrogen and oxygen atoms in total. The van der Waals surface area contributed by atoms with E-state index in [-0.39, 0.29) is 11.5 Å². The number of rotatable bonds is 6. The van der Waals surface area contributed by atoms with E-state index in [0.29, 0.717) is 49.2 Å². The van der Waals surface area contributed by atoms with E-state index in [1.165, 1.54) is 6.20 Å². The summed E-state index contributed by atoms with van der Waals surface area (Å²) in [5.74, 6) is 1.72. The molecule has 0 unspecified atom stereocenters. The normalized spacial score (nSPS) is 17.6. The molecule has 184 valence electrons. The molecular formula is C26H28N8O2. The topological polar surface area (TPSA) is 130 Å². The van der Waals surface area contributed by atoms with Gasteiger partial charge in [0.05, 0.1) is 11.8 Å². The molecule has 10 heteroatoms. The van der Waals surface area contributed by atoms with Crippen LogP contribution in [0.3, 0.4) is 0 Å². The summed E-state index contributed by atoms with van der Waals surface area (Å²) in [6.45, 7) is 2.36. The Labute approximate surface area is 209 Å².